The first kappa shape index (κ1) is 15.8. The zero-order valence-electron chi connectivity index (χ0n) is 13.6. The lowest BCUT2D eigenvalue weighted by Gasteiger charge is -2.23. The van der Waals surface area contributed by atoms with Gasteiger partial charge in [-0.2, -0.15) is 0 Å². The van der Waals surface area contributed by atoms with Crippen LogP contribution >= 0.6 is 0 Å². The molecule has 1 saturated carbocycles. The molecule has 0 spiro atoms. The van der Waals surface area contributed by atoms with Crippen LogP contribution < -0.4 is 15.4 Å². The standard InChI is InChI=1S/C18H24N2O3/c1-12-7-8-16-15(9-12)20-18(22)13(11-23-16)10-17(21)19-14-5-3-2-4-6-14/h7-9,13-14H,2-6,10-11H2,1H3,(H,19,21)(H,20,22). The van der Waals surface area contributed by atoms with Crippen LogP contribution in [0.15, 0.2) is 18.2 Å². The van der Waals surface area contributed by atoms with Gasteiger partial charge in [-0.25, -0.2) is 0 Å². The van der Waals surface area contributed by atoms with Gasteiger partial charge < -0.3 is 15.4 Å². The first-order chi connectivity index (χ1) is 11.1. The maximum atomic E-state index is 12.3. The molecule has 5 nitrogen and oxygen atoms in total. The molecule has 124 valence electrons. The summed E-state index contributed by atoms with van der Waals surface area (Å²) in [6, 6.07) is 5.96. The number of ether oxygens (including phenoxy) is 1. The number of hydrogen-bond donors (Lipinski definition) is 2. The third-order valence-electron chi connectivity index (χ3n) is 4.61. The average molecular weight is 316 g/mol. The van der Waals surface area contributed by atoms with Crippen molar-refractivity contribution in [2.45, 2.75) is 51.5 Å². The molecule has 1 atom stereocenters. The second-order valence-corrected chi connectivity index (χ2v) is 6.60. The van der Waals surface area contributed by atoms with Crippen LogP contribution in [0.1, 0.15) is 44.1 Å². The van der Waals surface area contributed by atoms with E-state index in [4.69, 9.17) is 4.74 Å². The number of rotatable bonds is 3. The van der Waals surface area contributed by atoms with Gasteiger partial charge in [-0.15, -0.1) is 0 Å². The monoisotopic (exact) mass is 316 g/mol. The fourth-order valence-corrected chi connectivity index (χ4v) is 3.28. The Balaban J connectivity index is 1.58. The number of aryl methyl sites for hydroxylation is 1. The SMILES string of the molecule is Cc1ccc2c(c1)NC(=O)C(CC(=O)NC1CCCCC1)CO2. The predicted octanol–water partition coefficient (Wildman–Crippen LogP) is 2.78. The number of carbonyl (C=O) groups excluding carboxylic acids is 2. The van der Waals surface area contributed by atoms with Crippen LogP contribution in [0.3, 0.4) is 0 Å². The molecular weight excluding hydrogens is 292 g/mol. The zero-order chi connectivity index (χ0) is 16.2. The molecule has 1 aliphatic heterocycles. The Kier molecular flexibility index (Phi) is 4.84. The number of benzene rings is 1. The highest BCUT2D eigenvalue weighted by Gasteiger charge is 2.28. The molecule has 0 aromatic heterocycles. The smallest absolute Gasteiger partial charge is 0.231 e. The van der Waals surface area contributed by atoms with E-state index in [-0.39, 0.29) is 30.9 Å². The zero-order valence-corrected chi connectivity index (χ0v) is 13.6. The Morgan fingerprint density at radius 2 is 2.09 bits per heavy atom. The van der Waals surface area contributed by atoms with Gasteiger partial charge in [0.15, 0.2) is 0 Å². The summed E-state index contributed by atoms with van der Waals surface area (Å²) in [5.74, 6) is 0.0152. The minimum absolute atomic E-state index is 0.0530. The first-order valence-corrected chi connectivity index (χ1v) is 8.45. The largest absolute Gasteiger partial charge is 0.491 e. The molecule has 0 bridgehead atoms. The van der Waals surface area contributed by atoms with E-state index in [1.165, 1.54) is 19.3 Å². The van der Waals surface area contributed by atoms with Crippen molar-refractivity contribution in [1.82, 2.24) is 5.32 Å². The number of hydrogen-bond acceptors (Lipinski definition) is 3. The van der Waals surface area contributed by atoms with E-state index >= 15 is 0 Å². The Hall–Kier alpha value is -2.04. The summed E-state index contributed by atoms with van der Waals surface area (Å²) >= 11 is 0. The van der Waals surface area contributed by atoms with E-state index in [1.807, 2.05) is 25.1 Å². The van der Waals surface area contributed by atoms with Gasteiger partial charge in [-0.05, 0) is 37.5 Å². The van der Waals surface area contributed by atoms with Crippen LogP contribution in [-0.2, 0) is 9.59 Å². The number of anilines is 1. The molecule has 1 fully saturated rings. The number of amides is 2. The molecule has 2 amide bonds. The lowest BCUT2D eigenvalue weighted by Crippen LogP contribution is -2.39. The van der Waals surface area contributed by atoms with Gasteiger partial charge in [0, 0.05) is 12.5 Å². The maximum absolute atomic E-state index is 12.3. The summed E-state index contributed by atoms with van der Waals surface area (Å²) in [6.07, 6.45) is 5.87. The third kappa shape index (κ3) is 4.03. The number of nitrogens with one attached hydrogen (secondary N) is 2. The molecule has 1 aliphatic carbocycles. The van der Waals surface area contributed by atoms with Crippen molar-refractivity contribution in [3.05, 3.63) is 23.8 Å². The Morgan fingerprint density at radius 3 is 2.87 bits per heavy atom. The predicted molar refractivity (Wildman–Crippen MR) is 88.4 cm³/mol. The van der Waals surface area contributed by atoms with Crippen molar-refractivity contribution >= 4 is 17.5 Å². The Labute approximate surface area is 136 Å². The minimum atomic E-state index is -0.453. The van der Waals surface area contributed by atoms with Crippen molar-refractivity contribution in [2.24, 2.45) is 5.92 Å². The van der Waals surface area contributed by atoms with Crippen molar-refractivity contribution in [1.29, 1.82) is 0 Å². The Morgan fingerprint density at radius 1 is 1.30 bits per heavy atom. The van der Waals surface area contributed by atoms with Crippen LogP contribution in [0.5, 0.6) is 5.75 Å². The summed E-state index contributed by atoms with van der Waals surface area (Å²) < 4.78 is 5.71. The fraction of sp³-hybridized carbons (Fsp3) is 0.556. The van der Waals surface area contributed by atoms with Crippen molar-refractivity contribution in [3.8, 4) is 5.75 Å². The van der Waals surface area contributed by atoms with E-state index in [2.05, 4.69) is 10.6 Å². The lowest BCUT2D eigenvalue weighted by atomic mass is 9.95. The second-order valence-electron chi connectivity index (χ2n) is 6.60. The van der Waals surface area contributed by atoms with Crippen LogP contribution in [0.2, 0.25) is 0 Å². The second kappa shape index (κ2) is 7.02. The van der Waals surface area contributed by atoms with Gasteiger partial charge in [0.05, 0.1) is 11.6 Å². The molecule has 2 aliphatic rings. The molecule has 1 heterocycles. The van der Waals surface area contributed by atoms with Gasteiger partial charge in [0.1, 0.15) is 12.4 Å². The lowest BCUT2D eigenvalue weighted by molar-refractivity contribution is -0.128. The van der Waals surface area contributed by atoms with E-state index in [0.717, 1.165) is 18.4 Å². The van der Waals surface area contributed by atoms with Crippen molar-refractivity contribution in [3.63, 3.8) is 0 Å². The summed E-state index contributed by atoms with van der Waals surface area (Å²) in [6.45, 7) is 2.20. The van der Waals surface area contributed by atoms with Crippen LogP contribution in [0.4, 0.5) is 5.69 Å². The molecule has 23 heavy (non-hydrogen) atoms. The van der Waals surface area contributed by atoms with E-state index in [9.17, 15) is 9.59 Å². The summed E-state index contributed by atoms with van der Waals surface area (Å²) in [5.41, 5.74) is 1.74. The fourth-order valence-electron chi connectivity index (χ4n) is 3.28. The molecule has 5 heteroatoms. The van der Waals surface area contributed by atoms with Crippen molar-refractivity contribution in [2.75, 3.05) is 11.9 Å². The van der Waals surface area contributed by atoms with Gasteiger partial charge in [-0.3, -0.25) is 9.59 Å². The molecule has 1 unspecified atom stereocenters. The van der Waals surface area contributed by atoms with E-state index < -0.39 is 5.92 Å². The van der Waals surface area contributed by atoms with Gasteiger partial charge in [0.25, 0.3) is 0 Å². The third-order valence-corrected chi connectivity index (χ3v) is 4.61. The van der Waals surface area contributed by atoms with Gasteiger partial charge in [-0.1, -0.05) is 25.3 Å². The summed E-state index contributed by atoms with van der Waals surface area (Å²) in [4.78, 5) is 24.6. The van der Waals surface area contributed by atoms with Crippen LogP contribution in [0, 0.1) is 12.8 Å². The van der Waals surface area contributed by atoms with Gasteiger partial charge >= 0.3 is 0 Å². The quantitative estimate of drug-likeness (QED) is 0.901. The molecule has 2 N–H and O–H groups in total. The average Bonchev–Trinajstić information content (AvgIpc) is 2.67. The maximum Gasteiger partial charge on any atom is 0.231 e. The molecule has 0 radical (unpaired) electrons. The number of fused-ring (bicyclic) bond motifs is 1. The van der Waals surface area contributed by atoms with E-state index in [0.29, 0.717) is 11.4 Å². The summed E-state index contributed by atoms with van der Waals surface area (Å²) in [7, 11) is 0. The summed E-state index contributed by atoms with van der Waals surface area (Å²) in [5, 5.41) is 5.94. The van der Waals surface area contributed by atoms with Gasteiger partial charge in [0.2, 0.25) is 11.8 Å². The molecular formula is C18H24N2O3. The highest BCUT2D eigenvalue weighted by atomic mass is 16.5. The highest BCUT2D eigenvalue weighted by molar-refractivity contribution is 5.97. The number of carbonyl (C=O) groups is 2. The van der Waals surface area contributed by atoms with E-state index in [1.54, 1.807) is 0 Å². The molecule has 3 rings (SSSR count). The topological polar surface area (TPSA) is 67.4 Å². The van der Waals surface area contributed by atoms with Crippen LogP contribution in [0.25, 0.3) is 0 Å². The van der Waals surface area contributed by atoms with Crippen molar-refractivity contribution < 1.29 is 14.3 Å². The van der Waals surface area contributed by atoms with Crippen LogP contribution in [-0.4, -0.2) is 24.5 Å². The molecule has 0 saturated heterocycles. The highest BCUT2D eigenvalue weighted by Crippen LogP contribution is 2.29. The molecule has 1 aromatic carbocycles. The molecule has 1 aromatic rings. The first-order valence-electron chi connectivity index (χ1n) is 8.45. The Bertz CT molecular complexity index is 594. The minimum Gasteiger partial charge on any atom is -0.491 e. The normalized spacial score (nSPS) is 21.6.